The highest BCUT2D eigenvalue weighted by Gasteiger charge is 2.67. The van der Waals surface area contributed by atoms with Gasteiger partial charge in [-0.25, -0.2) is 8.42 Å². The van der Waals surface area contributed by atoms with E-state index < -0.39 is 25.4 Å². The molecule has 0 amide bonds. The van der Waals surface area contributed by atoms with Crippen molar-refractivity contribution in [1.29, 1.82) is 0 Å². The Labute approximate surface area is 109 Å². The number of sulfone groups is 1. The number of ether oxygens (including phenoxy) is 1. The molecule has 0 spiro atoms. The first-order valence-electron chi connectivity index (χ1n) is 6.38. The van der Waals surface area contributed by atoms with Gasteiger partial charge in [0.15, 0.2) is 9.84 Å². The number of morpholine rings is 1. The lowest BCUT2D eigenvalue weighted by atomic mass is 9.87. The van der Waals surface area contributed by atoms with E-state index in [1.807, 2.05) is 0 Å². The zero-order valence-corrected chi connectivity index (χ0v) is 12.3. The van der Waals surface area contributed by atoms with Gasteiger partial charge in [0, 0.05) is 19.1 Å². The van der Waals surface area contributed by atoms with E-state index in [-0.39, 0.29) is 6.04 Å². The number of aliphatic hydroxyl groups is 1. The van der Waals surface area contributed by atoms with Crippen molar-refractivity contribution in [3.8, 4) is 0 Å². The van der Waals surface area contributed by atoms with Crippen molar-refractivity contribution in [3.05, 3.63) is 0 Å². The first kappa shape index (κ1) is 14.2. The normalized spacial score (nSPS) is 36.1. The van der Waals surface area contributed by atoms with Crippen LogP contribution in [-0.2, 0) is 14.6 Å². The smallest absolute Gasteiger partial charge is 0.164 e. The van der Waals surface area contributed by atoms with Gasteiger partial charge in [-0.2, -0.15) is 0 Å². The van der Waals surface area contributed by atoms with Crippen molar-refractivity contribution in [1.82, 2.24) is 4.90 Å². The first-order chi connectivity index (χ1) is 8.10. The molecule has 0 aromatic heterocycles. The lowest BCUT2D eigenvalue weighted by Crippen LogP contribution is -2.78. The predicted octanol–water partition coefficient (Wildman–Crippen LogP) is 0.0337. The Morgan fingerprint density at radius 3 is 2.22 bits per heavy atom. The van der Waals surface area contributed by atoms with Crippen molar-refractivity contribution in [2.24, 2.45) is 0 Å². The van der Waals surface area contributed by atoms with E-state index in [0.717, 1.165) is 13.1 Å². The summed E-state index contributed by atoms with van der Waals surface area (Å²) in [5.41, 5.74) is -1.21. The Hall–Kier alpha value is -0.170. The van der Waals surface area contributed by atoms with Gasteiger partial charge < -0.3 is 9.84 Å². The van der Waals surface area contributed by atoms with Crippen LogP contribution < -0.4 is 0 Å². The Morgan fingerprint density at radius 2 is 1.78 bits per heavy atom. The molecule has 2 rings (SSSR count). The molecule has 6 heteroatoms. The van der Waals surface area contributed by atoms with Gasteiger partial charge in [0.2, 0.25) is 0 Å². The fraction of sp³-hybridized carbons (Fsp3) is 1.00. The molecule has 2 heterocycles. The summed E-state index contributed by atoms with van der Waals surface area (Å²) in [5, 5.41) is 9.46. The Kier molecular flexibility index (Phi) is 3.29. The van der Waals surface area contributed by atoms with Gasteiger partial charge in [-0.1, -0.05) is 0 Å². The van der Waals surface area contributed by atoms with E-state index in [0.29, 0.717) is 13.2 Å². The monoisotopic (exact) mass is 277 g/mol. The molecule has 2 saturated heterocycles. The van der Waals surface area contributed by atoms with Crippen LogP contribution in [0.1, 0.15) is 27.7 Å². The van der Waals surface area contributed by atoms with Crippen LogP contribution in [0.15, 0.2) is 0 Å². The van der Waals surface area contributed by atoms with Crippen LogP contribution in [0.5, 0.6) is 0 Å². The van der Waals surface area contributed by atoms with Gasteiger partial charge in [-0.15, -0.1) is 0 Å². The molecule has 2 aliphatic heterocycles. The summed E-state index contributed by atoms with van der Waals surface area (Å²) in [6, 6.07) is -0.133. The third-order valence-corrected chi connectivity index (χ3v) is 7.41. The van der Waals surface area contributed by atoms with Crippen LogP contribution in [-0.4, -0.2) is 66.4 Å². The highest BCUT2D eigenvalue weighted by Crippen LogP contribution is 2.47. The minimum Gasteiger partial charge on any atom is -0.389 e. The molecule has 0 aliphatic carbocycles. The summed E-state index contributed by atoms with van der Waals surface area (Å²) in [4.78, 5) is 2.15. The number of nitrogens with zero attached hydrogens (tertiary/aromatic N) is 1. The minimum absolute atomic E-state index is 0.133. The molecule has 0 radical (unpaired) electrons. The lowest BCUT2D eigenvalue weighted by molar-refractivity contribution is -0.0317. The molecule has 106 valence electrons. The maximum Gasteiger partial charge on any atom is 0.164 e. The molecular weight excluding hydrogens is 254 g/mol. The van der Waals surface area contributed by atoms with Crippen LogP contribution >= 0.6 is 0 Å². The minimum atomic E-state index is -3.29. The molecule has 2 aliphatic rings. The topological polar surface area (TPSA) is 66.8 Å². The maximum atomic E-state index is 12.4. The van der Waals surface area contributed by atoms with Crippen molar-refractivity contribution in [2.75, 3.05) is 26.3 Å². The highest BCUT2D eigenvalue weighted by atomic mass is 32.2. The molecule has 0 aromatic carbocycles. The van der Waals surface area contributed by atoms with Crippen LogP contribution in [0.2, 0.25) is 0 Å². The predicted molar refractivity (Wildman–Crippen MR) is 69.3 cm³/mol. The second-order valence-electron chi connectivity index (χ2n) is 6.32. The average Bonchev–Trinajstić information content (AvgIpc) is 2.24. The van der Waals surface area contributed by atoms with Gasteiger partial charge in [-0.05, 0) is 27.7 Å². The lowest BCUT2D eigenvalue weighted by Gasteiger charge is -2.58. The van der Waals surface area contributed by atoms with Crippen LogP contribution in [0.3, 0.4) is 0 Å². The van der Waals surface area contributed by atoms with Gasteiger partial charge in [-0.3, -0.25) is 4.90 Å². The van der Waals surface area contributed by atoms with E-state index in [4.69, 9.17) is 4.74 Å². The molecule has 0 bridgehead atoms. The molecule has 2 fully saturated rings. The molecular formula is C12H23NO4S. The molecule has 0 saturated carbocycles. The van der Waals surface area contributed by atoms with Gasteiger partial charge in [0.05, 0.1) is 23.6 Å². The van der Waals surface area contributed by atoms with E-state index in [2.05, 4.69) is 4.90 Å². The zero-order valence-electron chi connectivity index (χ0n) is 11.5. The molecule has 18 heavy (non-hydrogen) atoms. The Balaban J connectivity index is 2.32. The van der Waals surface area contributed by atoms with Crippen molar-refractivity contribution in [2.45, 2.75) is 49.3 Å². The third kappa shape index (κ3) is 1.90. The summed E-state index contributed by atoms with van der Waals surface area (Å²) in [6.45, 7) is 9.40. The quantitative estimate of drug-likeness (QED) is 0.771. The van der Waals surface area contributed by atoms with Crippen LogP contribution in [0, 0.1) is 0 Å². The zero-order chi connectivity index (χ0) is 13.8. The molecule has 2 atom stereocenters. The third-order valence-electron chi connectivity index (χ3n) is 4.20. The Bertz CT molecular complexity index is 418. The number of hydrogen-bond donors (Lipinski definition) is 1. The standard InChI is InChI=1S/C12H23NO4S/c1-11(2,14)10-9(12(3,4)18(10,15)16)13-5-7-17-8-6-13/h9-10,14H,5-8H2,1-4H3/t9-,10+/m1/s1. The van der Waals surface area contributed by atoms with E-state index in [1.165, 1.54) is 0 Å². The average molecular weight is 277 g/mol. The highest BCUT2D eigenvalue weighted by molar-refractivity contribution is 7.95. The molecule has 5 nitrogen and oxygen atoms in total. The van der Waals surface area contributed by atoms with Crippen molar-refractivity contribution in [3.63, 3.8) is 0 Å². The molecule has 0 aromatic rings. The maximum absolute atomic E-state index is 12.4. The van der Waals surface area contributed by atoms with E-state index in [1.54, 1.807) is 27.7 Å². The second kappa shape index (κ2) is 4.16. The Morgan fingerprint density at radius 1 is 1.28 bits per heavy atom. The fourth-order valence-corrected chi connectivity index (χ4v) is 5.87. The van der Waals surface area contributed by atoms with Crippen molar-refractivity contribution >= 4 is 9.84 Å². The largest absolute Gasteiger partial charge is 0.389 e. The fourth-order valence-electron chi connectivity index (χ4n) is 3.21. The number of hydrogen-bond acceptors (Lipinski definition) is 5. The second-order valence-corrected chi connectivity index (χ2v) is 8.97. The summed E-state index contributed by atoms with van der Waals surface area (Å²) in [5.74, 6) is 0. The van der Waals surface area contributed by atoms with Gasteiger partial charge in [0.1, 0.15) is 5.25 Å². The molecule has 0 unspecified atom stereocenters. The SMILES string of the molecule is CC(C)(O)[C@@H]1[C@@H](N2CCOCC2)C(C)(C)S1(=O)=O. The van der Waals surface area contributed by atoms with E-state index in [9.17, 15) is 13.5 Å². The number of rotatable bonds is 2. The summed E-state index contributed by atoms with van der Waals surface area (Å²) >= 11 is 0. The van der Waals surface area contributed by atoms with Crippen molar-refractivity contribution < 1.29 is 18.3 Å². The van der Waals surface area contributed by atoms with Crippen LogP contribution in [0.25, 0.3) is 0 Å². The van der Waals surface area contributed by atoms with E-state index >= 15 is 0 Å². The summed E-state index contributed by atoms with van der Waals surface area (Å²) in [6.07, 6.45) is 0. The van der Waals surface area contributed by atoms with Crippen LogP contribution in [0.4, 0.5) is 0 Å². The molecule has 1 N–H and O–H groups in total. The first-order valence-corrected chi connectivity index (χ1v) is 7.92. The summed E-state index contributed by atoms with van der Waals surface area (Å²) in [7, 11) is -3.29. The summed E-state index contributed by atoms with van der Waals surface area (Å²) < 4.78 is 29.2. The van der Waals surface area contributed by atoms with Gasteiger partial charge in [0.25, 0.3) is 0 Å². The van der Waals surface area contributed by atoms with Gasteiger partial charge >= 0.3 is 0 Å².